The van der Waals surface area contributed by atoms with E-state index in [-0.39, 0.29) is 0 Å². The summed E-state index contributed by atoms with van der Waals surface area (Å²) in [5.41, 5.74) is 12.0. The Morgan fingerprint density at radius 2 is 1.81 bits per heavy atom. The molecule has 1 saturated heterocycles. The summed E-state index contributed by atoms with van der Waals surface area (Å²) in [6, 6.07) is 17.2. The van der Waals surface area contributed by atoms with E-state index in [2.05, 4.69) is 58.1 Å². The van der Waals surface area contributed by atoms with Crippen LogP contribution in [-0.4, -0.2) is 48.1 Å². The lowest BCUT2D eigenvalue weighted by atomic mass is 9.88. The van der Waals surface area contributed by atoms with Crippen LogP contribution >= 0.6 is 0 Å². The third-order valence-corrected chi connectivity index (χ3v) is 6.72. The van der Waals surface area contributed by atoms with Crippen LogP contribution in [-0.2, 0) is 19.4 Å². The monoisotopic (exact) mass is 429 g/mol. The van der Waals surface area contributed by atoms with Crippen molar-refractivity contribution in [3.8, 4) is 17.0 Å². The Labute approximate surface area is 190 Å². The molecule has 6 nitrogen and oxygen atoms in total. The molecule has 1 aliphatic carbocycles. The van der Waals surface area contributed by atoms with E-state index in [9.17, 15) is 0 Å². The minimum absolute atomic E-state index is 0.353. The van der Waals surface area contributed by atoms with Crippen LogP contribution in [0.3, 0.4) is 0 Å². The second-order valence-corrected chi connectivity index (χ2v) is 9.01. The van der Waals surface area contributed by atoms with Gasteiger partial charge in [-0.05, 0) is 69.1 Å². The minimum atomic E-state index is 0.353. The number of hydrogen-bond acceptors (Lipinski definition) is 6. The van der Waals surface area contributed by atoms with Crippen molar-refractivity contribution in [2.75, 3.05) is 37.8 Å². The molecule has 3 aromatic rings. The number of benzene rings is 2. The van der Waals surface area contributed by atoms with Crippen molar-refractivity contribution in [1.29, 1.82) is 0 Å². The number of nitrogens with two attached hydrogens (primary N) is 1. The molecule has 166 valence electrons. The van der Waals surface area contributed by atoms with E-state index in [1.807, 2.05) is 24.3 Å². The van der Waals surface area contributed by atoms with Crippen molar-refractivity contribution in [2.45, 2.75) is 38.3 Å². The van der Waals surface area contributed by atoms with Gasteiger partial charge in [0, 0.05) is 30.3 Å². The Hall–Kier alpha value is -3.12. The molecule has 0 amide bonds. The quantitative estimate of drug-likeness (QED) is 0.663. The predicted molar refractivity (Wildman–Crippen MR) is 129 cm³/mol. The summed E-state index contributed by atoms with van der Waals surface area (Å²) in [4.78, 5) is 14.1. The van der Waals surface area contributed by atoms with Crippen LogP contribution in [0.1, 0.15) is 29.5 Å². The van der Waals surface area contributed by atoms with E-state index in [1.165, 1.54) is 16.7 Å². The van der Waals surface area contributed by atoms with Crippen molar-refractivity contribution in [3.63, 3.8) is 0 Å². The number of hydrogen-bond donors (Lipinski definition) is 1. The maximum absolute atomic E-state index is 6.18. The van der Waals surface area contributed by atoms with Gasteiger partial charge in [-0.1, -0.05) is 30.3 Å². The van der Waals surface area contributed by atoms with Gasteiger partial charge < -0.3 is 20.3 Å². The van der Waals surface area contributed by atoms with Gasteiger partial charge in [0.05, 0.1) is 5.69 Å². The fourth-order valence-corrected chi connectivity index (χ4v) is 4.90. The first-order valence-corrected chi connectivity index (χ1v) is 11.5. The number of ether oxygens (including phenoxy) is 1. The molecular weight excluding hydrogens is 398 g/mol. The molecule has 2 aromatic carbocycles. The maximum atomic E-state index is 6.18. The zero-order chi connectivity index (χ0) is 22.1. The molecule has 1 aliphatic heterocycles. The normalized spacial score (nSPS) is 16.0. The summed E-state index contributed by atoms with van der Waals surface area (Å²) in [5.74, 6) is 2.27. The fourth-order valence-electron chi connectivity index (χ4n) is 4.90. The molecule has 0 radical (unpaired) electrons. The Morgan fingerprint density at radius 3 is 2.56 bits per heavy atom. The number of nitrogen functional groups attached to an aromatic ring is 1. The number of anilines is 2. The molecule has 0 unspecified atom stereocenters. The lowest BCUT2D eigenvalue weighted by molar-refractivity contribution is 0.249. The zero-order valence-corrected chi connectivity index (χ0v) is 18.9. The van der Waals surface area contributed by atoms with Gasteiger partial charge in [0.1, 0.15) is 18.2 Å². The molecule has 0 spiro atoms. The highest BCUT2D eigenvalue weighted by Gasteiger charge is 2.28. The molecule has 2 aliphatic rings. The SMILES string of the molecule is CN(C)C1CCN(c2nc(N)nc3c2CCc2cc(OCc4ccccc4)ccc2-3)CC1. The second kappa shape index (κ2) is 8.79. The van der Waals surface area contributed by atoms with Crippen molar-refractivity contribution in [3.05, 3.63) is 65.2 Å². The number of fused-ring (bicyclic) bond motifs is 3. The van der Waals surface area contributed by atoms with E-state index in [1.54, 1.807) is 0 Å². The second-order valence-electron chi connectivity index (χ2n) is 9.01. The van der Waals surface area contributed by atoms with Crippen molar-refractivity contribution in [1.82, 2.24) is 14.9 Å². The van der Waals surface area contributed by atoms with Gasteiger partial charge in [0.25, 0.3) is 0 Å². The summed E-state index contributed by atoms with van der Waals surface area (Å²) in [6.07, 6.45) is 4.17. The van der Waals surface area contributed by atoms with Gasteiger partial charge in [0.15, 0.2) is 0 Å². The van der Waals surface area contributed by atoms with Gasteiger partial charge in [-0.3, -0.25) is 0 Å². The van der Waals surface area contributed by atoms with Crippen LogP contribution in [0.2, 0.25) is 0 Å². The minimum Gasteiger partial charge on any atom is -0.489 e. The summed E-state index contributed by atoms with van der Waals surface area (Å²) in [5, 5.41) is 0. The third kappa shape index (κ3) is 4.15. The lowest BCUT2D eigenvalue weighted by Crippen LogP contribution is -2.42. The summed E-state index contributed by atoms with van der Waals surface area (Å²) >= 11 is 0. The lowest BCUT2D eigenvalue weighted by Gasteiger charge is -2.37. The summed E-state index contributed by atoms with van der Waals surface area (Å²) < 4.78 is 6.05. The molecule has 1 aromatic heterocycles. The van der Waals surface area contributed by atoms with E-state index < -0.39 is 0 Å². The van der Waals surface area contributed by atoms with Gasteiger partial charge >= 0.3 is 0 Å². The standard InChI is InChI=1S/C26H31N5O/c1-30(2)20-12-14-31(15-13-20)25-23-10-8-19-16-21(32-17-18-6-4-3-5-7-18)9-11-22(19)24(23)28-26(27)29-25/h3-7,9,11,16,20H,8,10,12-15,17H2,1-2H3,(H2,27,28,29). The average Bonchev–Trinajstić information content (AvgIpc) is 2.82. The van der Waals surface area contributed by atoms with Crippen LogP contribution in [0.25, 0.3) is 11.3 Å². The molecule has 2 heterocycles. The zero-order valence-electron chi connectivity index (χ0n) is 18.9. The molecule has 2 N–H and O–H groups in total. The number of aromatic nitrogens is 2. The van der Waals surface area contributed by atoms with E-state index >= 15 is 0 Å². The highest BCUT2D eigenvalue weighted by molar-refractivity contribution is 5.76. The van der Waals surface area contributed by atoms with Crippen molar-refractivity contribution >= 4 is 11.8 Å². The number of rotatable bonds is 5. The molecule has 1 fully saturated rings. The summed E-state index contributed by atoms with van der Waals surface area (Å²) in [7, 11) is 4.33. The molecule has 32 heavy (non-hydrogen) atoms. The first-order valence-electron chi connectivity index (χ1n) is 11.5. The smallest absolute Gasteiger partial charge is 0.222 e. The Balaban J connectivity index is 1.39. The van der Waals surface area contributed by atoms with Crippen molar-refractivity contribution in [2.24, 2.45) is 0 Å². The Bertz CT molecular complexity index is 1090. The van der Waals surface area contributed by atoms with Gasteiger partial charge in [-0.2, -0.15) is 4.98 Å². The van der Waals surface area contributed by atoms with Crippen LogP contribution < -0.4 is 15.4 Å². The average molecular weight is 430 g/mol. The topological polar surface area (TPSA) is 67.5 Å². The Kier molecular flexibility index (Phi) is 5.70. The van der Waals surface area contributed by atoms with Crippen LogP contribution in [0, 0.1) is 0 Å². The van der Waals surface area contributed by atoms with Crippen molar-refractivity contribution < 1.29 is 4.74 Å². The van der Waals surface area contributed by atoms with Crippen LogP contribution in [0.5, 0.6) is 5.75 Å². The van der Waals surface area contributed by atoms with E-state index in [0.717, 1.165) is 61.6 Å². The maximum Gasteiger partial charge on any atom is 0.222 e. The van der Waals surface area contributed by atoms with Crippen LogP contribution in [0.15, 0.2) is 48.5 Å². The number of piperidine rings is 1. The van der Waals surface area contributed by atoms with E-state index in [4.69, 9.17) is 10.5 Å². The third-order valence-electron chi connectivity index (χ3n) is 6.72. The molecule has 5 rings (SSSR count). The largest absolute Gasteiger partial charge is 0.489 e. The van der Waals surface area contributed by atoms with Gasteiger partial charge in [-0.25, -0.2) is 4.98 Å². The fraction of sp³-hybridized carbons (Fsp3) is 0.385. The highest BCUT2D eigenvalue weighted by atomic mass is 16.5. The van der Waals surface area contributed by atoms with E-state index in [0.29, 0.717) is 18.6 Å². The number of aryl methyl sites for hydroxylation is 1. The Morgan fingerprint density at radius 1 is 1.03 bits per heavy atom. The first kappa shape index (κ1) is 20.8. The highest BCUT2D eigenvalue weighted by Crippen LogP contribution is 2.39. The van der Waals surface area contributed by atoms with Gasteiger partial charge in [0.2, 0.25) is 5.95 Å². The first-order chi connectivity index (χ1) is 15.6. The molecule has 0 saturated carbocycles. The molecule has 0 atom stereocenters. The van der Waals surface area contributed by atoms with Gasteiger partial charge in [-0.15, -0.1) is 0 Å². The summed E-state index contributed by atoms with van der Waals surface area (Å²) in [6.45, 7) is 2.58. The van der Waals surface area contributed by atoms with Crippen LogP contribution in [0.4, 0.5) is 11.8 Å². The molecule has 0 bridgehead atoms. The number of nitrogens with zero attached hydrogens (tertiary/aromatic N) is 4. The predicted octanol–water partition coefficient (Wildman–Crippen LogP) is 3.93. The molecular formula is C26H31N5O. The molecule has 6 heteroatoms.